The van der Waals surface area contributed by atoms with Crippen LogP contribution in [0.4, 0.5) is 17.6 Å². The molecule has 0 aliphatic carbocycles. The third-order valence-corrected chi connectivity index (χ3v) is 9.92. The first-order chi connectivity index (χ1) is 15.2. The zero-order valence-electron chi connectivity index (χ0n) is 16.4. The normalized spacial score (nSPS) is 29.1. The first-order valence-corrected chi connectivity index (χ1v) is 13.1. The third kappa shape index (κ3) is 4.34. The lowest BCUT2D eigenvalue weighted by Crippen LogP contribution is -2.52. The van der Waals surface area contributed by atoms with Gasteiger partial charge in [-0.2, -0.15) is 17.6 Å². The Balaban J connectivity index is 1.35. The van der Waals surface area contributed by atoms with Crippen molar-refractivity contribution in [2.75, 3.05) is 6.61 Å². The van der Waals surface area contributed by atoms with Gasteiger partial charge in [-0.1, -0.05) is 0 Å². The topological polar surface area (TPSA) is 111 Å². The van der Waals surface area contributed by atoms with Crippen LogP contribution in [0.3, 0.4) is 0 Å². The van der Waals surface area contributed by atoms with Gasteiger partial charge in [0.1, 0.15) is 11.9 Å². The Kier molecular flexibility index (Phi) is 6.64. The predicted octanol–water partition coefficient (Wildman–Crippen LogP) is 3.39. The number of carbonyl (C=O) groups is 1. The van der Waals surface area contributed by atoms with E-state index < -0.39 is 64.2 Å². The number of benzene rings is 1. The summed E-state index contributed by atoms with van der Waals surface area (Å²) in [4.78, 5) is 12.3. The van der Waals surface area contributed by atoms with Crippen LogP contribution in [0.15, 0.2) is 12.1 Å². The Labute approximate surface area is 212 Å². The number of hydrogen-bond donors (Lipinski definition) is 0. The van der Waals surface area contributed by atoms with Crippen LogP contribution in [-0.4, -0.2) is 54.7 Å². The molecule has 8 nitrogen and oxygen atoms in total. The third-order valence-electron chi connectivity index (χ3n) is 5.83. The van der Waals surface area contributed by atoms with Crippen LogP contribution in [-0.2, 0) is 35.7 Å². The van der Waals surface area contributed by atoms with Gasteiger partial charge in [-0.3, -0.25) is 4.79 Å². The van der Waals surface area contributed by atoms with Crippen molar-refractivity contribution in [2.24, 2.45) is 5.92 Å². The molecule has 2 bridgehead atoms. The summed E-state index contributed by atoms with van der Waals surface area (Å²) in [7, 11) is -6.60. The van der Waals surface area contributed by atoms with Crippen molar-refractivity contribution in [3.63, 3.8) is 0 Å². The van der Waals surface area contributed by atoms with Crippen LogP contribution in [0, 0.1) is 13.1 Å². The number of rotatable bonds is 6. The maximum absolute atomic E-state index is 13.5. The molecule has 3 heterocycles. The summed E-state index contributed by atoms with van der Waals surface area (Å²) in [6, 6.07) is 3.71. The van der Waals surface area contributed by atoms with E-state index in [1.165, 1.54) is 0 Å². The van der Waals surface area contributed by atoms with E-state index in [2.05, 4.69) is 49.9 Å². The van der Waals surface area contributed by atoms with Crippen molar-refractivity contribution in [3.05, 3.63) is 24.8 Å². The minimum atomic E-state index is -6.60. The van der Waals surface area contributed by atoms with E-state index in [0.29, 0.717) is 5.75 Å². The molecule has 3 aliphatic rings. The first-order valence-electron chi connectivity index (χ1n) is 9.51. The number of alkyl halides is 4. The van der Waals surface area contributed by atoms with Gasteiger partial charge >= 0.3 is 17.1 Å². The highest BCUT2D eigenvalue weighted by molar-refractivity contribution is 14.1. The van der Waals surface area contributed by atoms with Gasteiger partial charge in [0, 0.05) is 19.1 Å². The summed E-state index contributed by atoms with van der Waals surface area (Å²) >= 11 is 4.38. The van der Waals surface area contributed by atoms with Crippen LogP contribution in [0.2, 0.25) is 0 Å². The largest absolute Gasteiger partial charge is 0.743 e. The van der Waals surface area contributed by atoms with Crippen molar-refractivity contribution in [1.82, 2.24) is 0 Å². The molecule has 0 N–H and O–H groups in total. The summed E-state index contributed by atoms with van der Waals surface area (Å²) in [6.45, 7) is -0.925. The van der Waals surface area contributed by atoms with Crippen molar-refractivity contribution >= 4 is 61.3 Å². The monoisotopic (exact) mass is 721 g/mol. The lowest BCUT2D eigenvalue weighted by molar-refractivity contribution is -0.232. The molecule has 0 saturated carbocycles. The van der Waals surface area contributed by atoms with Gasteiger partial charge in [0.25, 0.3) is 0 Å². The average molecular weight is 721 g/mol. The summed E-state index contributed by atoms with van der Waals surface area (Å²) < 4.78 is 109. The Hall–Kier alpha value is -0.500. The van der Waals surface area contributed by atoms with E-state index in [0.717, 1.165) is 12.7 Å². The average Bonchev–Trinajstić information content (AvgIpc) is 3.28. The van der Waals surface area contributed by atoms with E-state index in [-0.39, 0.29) is 19.4 Å². The fourth-order valence-electron chi connectivity index (χ4n) is 4.07. The molecule has 0 radical (unpaired) electrons. The number of esters is 1. The highest BCUT2D eigenvalue weighted by atomic mass is 127. The molecule has 0 aromatic heterocycles. The zero-order valence-corrected chi connectivity index (χ0v) is 21.5. The number of ether oxygens (including phenoxy) is 4. The summed E-state index contributed by atoms with van der Waals surface area (Å²) in [5.74, 6) is -7.49. The second kappa shape index (κ2) is 8.56. The van der Waals surface area contributed by atoms with Gasteiger partial charge in [0.05, 0.1) is 31.7 Å². The molecular formula is C18H15F4I2O8S-. The summed E-state index contributed by atoms with van der Waals surface area (Å²) in [5, 5.41) is -5.82. The summed E-state index contributed by atoms with van der Waals surface area (Å²) in [6.07, 6.45) is -2.90. The fraction of sp³-hybridized carbons (Fsp3) is 0.611. The van der Waals surface area contributed by atoms with Crippen molar-refractivity contribution in [3.8, 4) is 5.75 Å². The van der Waals surface area contributed by atoms with E-state index in [1.807, 2.05) is 12.1 Å². The molecule has 33 heavy (non-hydrogen) atoms. The van der Waals surface area contributed by atoms with Gasteiger partial charge in [0.2, 0.25) is 5.79 Å². The van der Waals surface area contributed by atoms with Gasteiger partial charge in [0.15, 0.2) is 10.1 Å². The molecule has 0 amide bonds. The van der Waals surface area contributed by atoms with Gasteiger partial charge in [-0.15, -0.1) is 0 Å². The summed E-state index contributed by atoms with van der Waals surface area (Å²) in [5.41, 5.74) is 0.893. The number of carbonyl (C=O) groups excluding carboxylic acids is 1. The quantitative estimate of drug-likeness (QED) is 0.191. The van der Waals surface area contributed by atoms with E-state index >= 15 is 0 Å². The van der Waals surface area contributed by atoms with Crippen molar-refractivity contribution in [2.45, 2.75) is 55.0 Å². The number of halogens is 6. The maximum atomic E-state index is 13.5. The smallest absolute Gasteiger partial charge is 0.396 e. The Morgan fingerprint density at radius 1 is 1.27 bits per heavy atom. The Bertz CT molecular complexity index is 1090. The van der Waals surface area contributed by atoms with Gasteiger partial charge in [-0.05, 0) is 63.7 Å². The fourth-order valence-corrected chi connectivity index (χ4v) is 5.64. The van der Waals surface area contributed by atoms with E-state index in [4.69, 9.17) is 14.2 Å². The minimum Gasteiger partial charge on any atom is -0.743 e. The molecule has 4 atom stereocenters. The second-order valence-corrected chi connectivity index (χ2v) is 11.5. The molecule has 4 rings (SSSR count). The highest BCUT2D eigenvalue weighted by Crippen LogP contribution is 2.51. The SMILES string of the molecule is O=C(OCCC(F)(F)C(F)(F)S(=O)(=O)[O-])C1CC2OC1CC21OCc2c(ccc(I)c2I)O1. The van der Waals surface area contributed by atoms with Gasteiger partial charge < -0.3 is 23.5 Å². The minimum absolute atomic E-state index is 0.0990. The molecule has 15 heteroatoms. The molecule has 4 unspecified atom stereocenters. The van der Waals surface area contributed by atoms with Crippen LogP contribution < -0.4 is 4.74 Å². The Morgan fingerprint density at radius 3 is 2.58 bits per heavy atom. The van der Waals surface area contributed by atoms with E-state index in [9.17, 15) is 35.3 Å². The lowest BCUT2D eigenvalue weighted by atomic mass is 9.84. The number of fused-ring (bicyclic) bond motifs is 4. The molecule has 184 valence electrons. The standard InChI is InChI=1S/C18H16F4I2O8S/c19-17(20,18(21,22)33(26,27)28)3-4-29-15(25)8-5-13-16(6-12(8)31-13)30-7-9-11(32-16)2-1-10(23)14(9)24/h1-2,8,12-13H,3-7H2,(H,26,27,28)/p-1. The molecule has 2 fully saturated rings. The lowest BCUT2D eigenvalue weighted by Gasteiger charge is -2.40. The molecule has 1 aromatic carbocycles. The van der Waals surface area contributed by atoms with Crippen LogP contribution >= 0.6 is 45.2 Å². The van der Waals surface area contributed by atoms with Crippen LogP contribution in [0.1, 0.15) is 24.8 Å². The highest BCUT2D eigenvalue weighted by Gasteiger charge is 2.63. The Morgan fingerprint density at radius 2 is 1.97 bits per heavy atom. The second-order valence-electron chi connectivity index (χ2n) is 7.84. The first kappa shape index (κ1) is 25.6. The molecule has 3 aliphatic heterocycles. The van der Waals surface area contributed by atoms with Crippen molar-refractivity contribution < 1.29 is 54.3 Å². The molecule has 1 spiro atoms. The molecule has 2 saturated heterocycles. The van der Waals surface area contributed by atoms with Gasteiger partial charge in [-0.25, -0.2) is 8.42 Å². The van der Waals surface area contributed by atoms with Crippen LogP contribution in [0.25, 0.3) is 0 Å². The van der Waals surface area contributed by atoms with Crippen molar-refractivity contribution in [1.29, 1.82) is 0 Å². The molecule has 1 aromatic rings. The molecular weight excluding hydrogens is 706 g/mol. The zero-order chi connectivity index (χ0) is 24.4. The van der Waals surface area contributed by atoms with E-state index in [1.54, 1.807) is 0 Å². The predicted molar refractivity (Wildman–Crippen MR) is 117 cm³/mol. The maximum Gasteiger partial charge on any atom is 0.396 e. The number of hydrogen-bond acceptors (Lipinski definition) is 8. The van der Waals surface area contributed by atoms with Crippen LogP contribution in [0.5, 0.6) is 5.75 Å².